The average Bonchev–Trinajstić information content (AvgIpc) is 3.06. The maximum absolute atomic E-state index is 11.8. The molecular formula is C18H31N3O2S. The first-order chi connectivity index (χ1) is 11.6. The predicted octanol–water partition coefficient (Wildman–Crippen LogP) is 2.33. The zero-order valence-electron chi connectivity index (χ0n) is 14.7. The van der Waals surface area contributed by atoms with E-state index in [-0.39, 0.29) is 11.7 Å². The fraction of sp³-hybridized carbons (Fsp3) is 0.778. The Morgan fingerprint density at radius 3 is 2.75 bits per heavy atom. The van der Waals surface area contributed by atoms with Crippen LogP contribution in [0.4, 0.5) is 0 Å². The fourth-order valence-corrected chi connectivity index (χ4v) is 4.91. The fourth-order valence-electron chi connectivity index (χ4n) is 3.37. The molecule has 2 aliphatic rings. The van der Waals surface area contributed by atoms with Crippen molar-refractivity contribution >= 4 is 23.5 Å². The van der Waals surface area contributed by atoms with Gasteiger partial charge in [0.05, 0.1) is 17.9 Å². The Balaban J connectivity index is 1.45. The van der Waals surface area contributed by atoms with E-state index in [1.165, 1.54) is 0 Å². The van der Waals surface area contributed by atoms with Crippen molar-refractivity contribution < 1.29 is 9.59 Å². The number of unbranched alkanes of at least 4 members (excludes halogenated alkanes) is 3. The molecule has 0 aliphatic carbocycles. The summed E-state index contributed by atoms with van der Waals surface area (Å²) in [7, 11) is 0. The predicted molar refractivity (Wildman–Crippen MR) is 99.9 cm³/mol. The highest BCUT2D eigenvalue weighted by atomic mass is 32.2. The molecular weight excluding hydrogens is 322 g/mol. The van der Waals surface area contributed by atoms with Crippen LogP contribution in [-0.2, 0) is 9.59 Å². The van der Waals surface area contributed by atoms with E-state index in [2.05, 4.69) is 22.5 Å². The number of amides is 1. The quantitative estimate of drug-likeness (QED) is 0.497. The van der Waals surface area contributed by atoms with Gasteiger partial charge in [-0.2, -0.15) is 11.8 Å². The number of carbonyl (C=O) groups is 2. The van der Waals surface area contributed by atoms with Crippen LogP contribution in [0.5, 0.6) is 0 Å². The van der Waals surface area contributed by atoms with Gasteiger partial charge in [0.25, 0.3) is 0 Å². The van der Waals surface area contributed by atoms with Gasteiger partial charge in [-0.3, -0.25) is 4.79 Å². The summed E-state index contributed by atoms with van der Waals surface area (Å²) in [5.41, 5.74) is 0. The molecule has 3 N–H and O–H groups in total. The molecule has 2 rings (SSSR count). The van der Waals surface area contributed by atoms with Gasteiger partial charge in [-0.1, -0.05) is 19.4 Å². The first kappa shape index (κ1) is 19.2. The number of nitrogens with one attached hydrogen (secondary N) is 3. The summed E-state index contributed by atoms with van der Waals surface area (Å²) in [5, 5.41) is 10.4. The van der Waals surface area contributed by atoms with Crippen molar-refractivity contribution in [3.8, 4) is 0 Å². The van der Waals surface area contributed by atoms with Crippen molar-refractivity contribution in [3.05, 3.63) is 12.4 Å². The van der Waals surface area contributed by atoms with Gasteiger partial charge in [-0.25, -0.2) is 0 Å². The van der Waals surface area contributed by atoms with Gasteiger partial charge in [0.1, 0.15) is 5.78 Å². The molecule has 2 saturated heterocycles. The SMILES string of the molecule is C=C1N[C@H]2[C@H](CS[C@H]2CCCCC(=O)NCCCCCC(C)=O)N1. The number of Topliss-reactive ketones (excluding diaryl/α,β-unsaturated/α-hetero) is 1. The molecule has 1 amide bonds. The number of carbonyl (C=O) groups excluding carboxylic acids is 2. The lowest BCUT2D eigenvalue weighted by Gasteiger charge is -2.17. The third-order valence-corrected chi connectivity index (χ3v) is 6.20. The first-order valence-electron chi connectivity index (χ1n) is 9.16. The van der Waals surface area contributed by atoms with E-state index in [1.54, 1.807) is 6.92 Å². The van der Waals surface area contributed by atoms with E-state index in [0.717, 1.165) is 56.6 Å². The average molecular weight is 354 g/mol. The van der Waals surface area contributed by atoms with E-state index < -0.39 is 0 Å². The van der Waals surface area contributed by atoms with Crippen LogP contribution in [0.2, 0.25) is 0 Å². The molecule has 0 radical (unpaired) electrons. The summed E-state index contributed by atoms with van der Waals surface area (Å²) in [4.78, 5) is 22.6. The van der Waals surface area contributed by atoms with Gasteiger partial charge >= 0.3 is 0 Å². The van der Waals surface area contributed by atoms with Crippen LogP contribution in [0.3, 0.4) is 0 Å². The highest BCUT2D eigenvalue weighted by molar-refractivity contribution is 8.00. The van der Waals surface area contributed by atoms with Crippen LogP contribution >= 0.6 is 11.8 Å². The summed E-state index contributed by atoms with van der Waals surface area (Å²) in [6, 6.07) is 1.03. The second kappa shape index (κ2) is 9.97. The minimum Gasteiger partial charge on any atom is -0.367 e. The highest BCUT2D eigenvalue weighted by Crippen LogP contribution is 2.34. The third-order valence-electron chi connectivity index (χ3n) is 4.69. The molecule has 0 saturated carbocycles. The van der Waals surface area contributed by atoms with Crippen molar-refractivity contribution in [1.29, 1.82) is 0 Å². The van der Waals surface area contributed by atoms with Crippen LogP contribution in [-0.4, -0.2) is 41.3 Å². The van der Waals surface area contributed by atoms with E-state index in [4.69, 9.17) is 0 Å². The zero-order valence-corrected chi connectivity index (χ0v) is 15.6. The lowest BCUT2D eigenvalue weighted by atomic mass is 10.0. The Hall–Kier alpha value is -1.17. The molecule has 136 valence electrons. The summed E-state index contributed by atoms with van der Waals surface area (Å²) >= 11 is 2.03. The maximum atomic E-state index is 11.8. The second-order valence-corrected chi connectivity index (χ2v) is 8.15. The summed E-state index contributed by atoms with van der Waals surface area (Å²) in [5.74, 6) is 2.51. The number of fused-ring (bicyclic) bond motifs is 1. The molecule has 24 heavy (non-hydrogen) atoms. The molecule has 0 aromatic rings. The van der Waals surface area contributed by atoms with Crippen LogP contribution in [0.25, 0.3) is 0 Å². The first-order valence-corrected chi connectivity index (χ1v) is 10.2. The van der Waals surface area contributed by atoms with Crippen LogP contribution < -0.4 is 16.0 Å². The zero-order chi connectivity index (χ0) is 17.4. The summed E-state index contributed by atoms with van der Waals surface area (Å²) in [6.45, 7) is 6.30. The smallest absolute Gasteiger partial charge is 0.219 e. The molecule has 5 nitrogen and oxygen atoms in total. The van der Waals surface area contributed by atoms with E-state index in [0.29, 0.717) is 30.2 Å². The molecule has 0 spiro atoms. The third kappa shape index (κ3) is 6.38. The second-order valence-electron chi connectivity index (χ2n) is 6.88. The number of thioether (sulfide) groups is 1. The monoisotopic (exact) mass is 353 g/mol. The summed E-state index contributed by atoms with van der Waals surface area (Å²) < 4.78 is 0. The van der Waals surface area contributed by atoms with Crippen LogP contribution in [0.1, 0.15) is 58.3 Å². The van der Waals surface area contributed by atoms with Crippen molar-refractivity contribution in [2.45, 2.75) is 75.6 Å². The minimum absolute atomic E-state index is 0.160. The number of hydrogen-bond acceptors (Lipinski definition) is 5. The molecule has 0 bridgehead atoms. The van der Waals surface area contributed by atoms with Crippen LogP contribution in [0.15, 0.2) is 12.4 Å². The van der Waals surface area contributed by atoms with Gasteiger partial charge in [0.2, 0.25) is 5.91 Å². The molecule has 3 atom stereocenters. The highest BCUT2D eigenvalue weighted by Gasteiger charge is 2.40. The Bertz CT molecular complexity index is 456. The Morgan fingerprint density at radius 1 is 1.17 bits per heavy atom. The number of hydrogen-bond donors (Lipinski definition) is 3. The lowest BCUT2D eigenvalue weighted by molar-refractivity contribution is -0.121. The van der Waals surface area contributed by atoms with Gasteiger partial charge < -0.3 is 20.7 Å². The van der Waals surface area contributed by atoms with E-state index in [1.807, 2.05) is 11.8 Å². The Labute approximate surface area is 149 Å². The Morgan fingerprint density at radius 2 is 1.96 bits per heavy atom. The molecule has 0 aromatic heterocycles. The van der Waals surface area contributed by atoms with E-state index in [9.17, 15) is 9.59 Å². The maximum Gasteiger partial charge on any atom is 0.219 e. The molecule has 2 aliphatic heterocycles. The molecule has 0 aromatic carbocycles. The minimum atomic E-state index is 0.160. The lowest BCUT2D eigenvalue weighted by Crippen LogP contribution is -2.36. The topological polar surface area (TPSA) is 70.2 Å². The molecule has 2 fully saturated rings. The molecule has 6 heteroatoms. The van der Waals surface area contributed by atoms with E-state index >= 15 is 0 Å². The van der Waals surface area contributed by atoms with Gasteiger partial charge in [-0.15, -0.1) is 0 Å². The van der Waals surface area contributed by atoms with Gasteiger partial charge in [-0.05, 0) is 32.6 Å². The number of ketones is 1. The van der Waals surface area contributed by atoms with Crippen molar-refractivity contribution in [2.75, 3.05) is 12.3 Å². The Kier molecular flexibility index (Phi) is 7.95. The van der Waals surface area contributed by atoms with Crippen molar-refractivity contribution in [3.63, 3.8) is 0 Å². The van der Waals surface area contributed by atoms with Crippen molar-refractivity contribution in [1.82, 2.24) is 16.0 Å². The molecule has 2 heterocycles. The largest absolute Gasteiger partial charge is 0.367 e. The van der Waals surface area contributed by atoms with Crippen LogP contribution in [0, 0.1) is 0 Å². The standard InChI is InChI=1S/C18H31N3O2S/c1-13(22)8-4-3-7-11-19-17(23)10-6-5-9-16-18-15(12-24-16)20-14(2)21-18/h15-16,18,20-21H,2-12H2,1H3,(H,19,23)/t15-,16-,18-/m0/s1. The summed E-state index contributed by atoms with van der Waals surface area (Å²) in [6.07, 6.45) is 7.40. The van der Waals surface area contributed by atoms with Gasteiger partial charge in [0.15, 0.2) is 0 Å². The molecule has 0 unspecified atom stereocenters. The normalized spacial score (nSPS) is 25.0. The van der Waals surface area contributed by atoms with Crippen molar-refractivity contribution in [2.24, 2.45) is 0 Å². The van der Waals surface area contributed by atoms with Gasteiger partial charge in [0, 0.05) is 30.4 Å². The number of rotatable bonds is 11.